The number of phosphoric ester groups is 1. The number of hydrogen-bond acceptors (Lipinski definition) is 7. The predicted octanol–water partition coefficient (Wildman–Crippen LogP) is 11.0. The molecule has 0 rings (SSSR count). The van der Waals surface area contributed by atoms with Crippen molar-refractivity contribution in [3.8, 4) is 0 Å². The van der Waals surface area contributed by atoms with Crippen LogP contribution in [0.25, 0.3) is 0 Å². The van der Waals surface area contributed by atoms with Crippen LogP contribution >= 0.6 is 7.82 Å². The van der Waals surface area contributed by atoms with Gasteiger partial charge in [-0.2, -0.15) is 0 Å². The molecule has 10 heteroatoms. The van der Waals surface area contributed by atoms with Gasteiger partial charge in [0.1, 0.15) is 19.8 Å². The lowest BCUT2D eigenvalue weighted by Gasteiger charge is -2.24. The molecule has 9 nitrogen and oxygen atoms in total. The number of ether oxygens (including phenoxy) is 2. The number of esters is 2. The van der Waals surface area contributed by atoms with Gasteiger partial charge in [-0.05, 0) is 38.5 Å². The van der Waals surface area contributed by atoms with E-state index in [0.29, 0.717) is 17.4 Å². The van der Waals surface area contributed by atoms with Crippen LogP contribution in [-0.4, -0.2) is 74.9 Å². The molecule has 0 aliphatic heterocycles. The minimum atomic E-state index is -4.36. The van der Waals surface area contributed by atoms with Gasteiger partial charge in [0.2, 0.25) is 0 Å². The second-order valence-electron chi connectivity index (χ2n) is 15.0. The van der Waals surface area contributed by atoms with Crippen molar-refractivity contribution in [3.63, 3.8) is 0 Å². The minimum absolute atomic E-state index is 0.0333. The molecule has 0 aliphatic carbocycles. The van der Waals surface area contributed by atoms with E-state index in [1.54, 1.807) is 0 Å². The van der Waals surface area contributed by atoms with Gasteiger partial charge in [-0.25, -0.2) is 4.57 Å². The molecular weight excluding hydrogens is 653 g/mol. The Morgan fingerprint density at radius 1 is 0.600 bits per heavy atom. The van der Waals surface area contributed by atoms with Crippen LogP contribution in [-0.2, 0) is 32.7 Å². The van der Waals surface area contributed by atoms with Crippen LogP contribution in [0.2, 0.25) is 0 Å². The molecule has 0 aliphatic rings. The Morgan fingerprint density at radius 3 is 1.48 bits per heavy atom. The Kier molecular flexibility index (Phi) is 32.7. The third kappa shape index (κ3) is 36.5. The largest absolute Gasteiger partial charge is 0.472 e. The van der Waals surface area contributed by atoms with Crippen molar-refractivity contribution < 1.29 is 42.1 Å². The lowest BCUT2D eigenvalue weighted by molar-refractivity contribution is -0.870. The molecule has 0 aromatic heterocycles. The molecule has 0 aromatic rings. The average Bonchev–Trinajstić information content (AvgIpc) is 3.06. The molecule has 296 valence electrons. The fraction of sp³-hybridized carbons (Fsp3) is 0.900. The molecule has 0 spiro atoms. The third-order valence-electron chi connectivity index (χ3n) is 8.80. The van der Waals surface area contributed by atoms with E-state index in [1.165, 1.54) is 96.3 Å². The first-order valence-corrected chi connectivity index (χ1v) is 21.9. The van der Waals surface area contributed by atoms with E-state index in [9.17, 15) is 19.0 Å². The van der Waals surface area contributed by atoms with Crippen molar-refractivity contribution in [2.45, 2.75) is 187 Å². The highest BCUT2D eigenvalue weighted by Gasteiger charge is 2.27. The zero-order valence-electron chi connectivity index (χ0n) is 33.1. The lowest BCUT2D eigenvalue weighted by Crippen LogP contribution is -2.37. The molecule has 0 radical (unpaired) electrons. The van der Waals surface area contributed by atoms with Crippen LogP contribution in [0.1, 0.15) is 181 Å². The standard InChI is InChI=1S/C40H78NO8P/c1-6-8-10-12-14-16-18-20-21-23-24-26-28-30-32-39(42)46-36-38(37-48-50(44,45)47-35-34-41(3,4)5)49-40(43)33-31-29-27-25-22-19-17-15-13-11-9-7-2/h18,20,38H,6-17,19,21-37H2,1-5H3/p+1/b20-18+/t38-/m1/s1. The first-order chi connectivity index (χ1) is 24.0. The van der Waals surface area contributed by atoms with Gasteiger partial charge in [0, 0.05) is 12.8 Å². The van der Waals surface area contributed by atoms with E-state index in [2.05, 4.69) is 26.0 Å². The SMILES string of the molecule is CCCCCCC/C=C/CCCCCCCC(=O)OC[C@H](COP(=O)(O)OCC[N+](C)(C)C)OC(=O)CCCCCCCCCCCCCC. The minimum Gasteiger partial charge on any atom is -0.462 e. The Hall–Kier alpha value is -1.25. The zero-order chi connectivity index (χ0) is 37.2. The molecule has 0 heterocycles. The summed E-state index contributed by atoms with van der Waals surface area (Å²) in [7, 11) is 1.48. The molecule has 0 bridgehead atoms. The summed E-state index contributed by atoms with van der Waals surface area (Å²) in [6.07, 6.45) is 32.5. The van der Waals surface area contributed by atoms with Gasteiger partial charge in [-0.1, -0.05) is 142 Å². The van der Waals surface area contributed by atoms with Crippen LogP contribution < -0.4 is 0 Å². The smallest absolute Gasteiger partial charge is 0.462 e. The number of hydrogen-bond donors (Lipinski definition) is 1. The van der Waals surface area contributed by atoms with E-state index < -0.39 is 26.5 Å². The van der Waals surface area contributed by atoms with Crippen molar-refractivity contribution in [3.05, 3.63) is 12.2 Å². The van der Waals surface area contributed by atoms with E-state index in [0.717, 1.165) is 51.4 Å². The van der Waals surface area contributed by atoms with Gasteiger partial charge in [0.05, 0.1) is 27.7 Å². The average molecular weight is 733 g/mol. The van der Waals surface area contributed by atoms with E-state index in [-0.39, 0.29) is 32.0 Å². The van der Waals surface area contributed by atoms with Crippen LogP contribution in [0.5, 0.6) is 0 Å². The van der Waals surface area contributed by atoms with Crippen molar-refractivity contribution in [2.24, 2.45) is 0 Å². The Labute approximate surface area is 307 Å². The maximum atomic E-state index is 12.6. The van der Waals surface area contributed by atoms with Gasteiger partial charge in [-0.15, -0.1) is 0 Å². The summed E-state index contributed by atoms with van der Waals surface area (Å²) in [4.78, 5) is 35.2. The summed E-state index contributed by atoms with van der Waals surface area (Å²) in [5, 5.41) is 0. The van der Waals surface area contributed by atoms with Crippen LogP contribution in [0.4, 0.5) is 0 Å². The van der Waals surface area contributed by atoms with E-state index in [1.807, 2.05) is 21.1 Å². The maximum Gasteiger partial charge on any atom is 0.472 e. The molecule has 0 fully saturated rings. The van der Waals surface area contributed by atoms with Gasteiger partial charge in [0.25, 0.3) is 0 Å². The summed E-state index contributed by atoms with van der Waals surface area (Å²) in [5.41, 5.74) is 0. The Balaban J connectivity index is 4.40. The second kappa shape index (κ2) is 33.6. The molecule has 1 N–H and O–H groups in total. The first kappa shape index (κ1) is 48.8. The molecule has 0 aromatic carbocycles. The number of phosphoric acid groups is 1. The highest BCUT2D eigenvalue weighted by Crippen LogP contribution is 2.43. The number of unbranched alkanes of at least 4 members (excludes halogenated alkanes) is 21. The number of allylic oxidation sites excluding steroid dienone is 2. The van der Waals surface area contributed by atoms with E-state index in [4.69, 9.17) is 18.5 Å². The second-order valence-corrected chi connectivity index (χ2v) is 16.5. The van der Waals surface area contributed by atoms with Gasteiger partial charge in [-0.3, -0.25) is 18.6 Å². The van der Waals surface area contributed by atoms with Crippen molar-refractivity contribution in [1.29, 1.82) is 0 Å². The molecule has 0 saturated heterocycles. The summed E-state index contributed by atoms with van der Waals surface area (Å²) < 4.78 is 34.2. The van der Waals surface area contributed by atoms with E-state index >= 15 is 0 Å². The van der Waals surface area contributed by atoms with Crippen molar-refractivity contribution in [1.82, 2.24) is 0 Å². The highest BCUT2D eigenvalue weighted by molar-refractivity contribution is 7.47. The molecule has 2 atom stereocenters. The molecule has 0 saturated carbocycles. The highest BCUT2D eigenvalue weighted by atomic mass is 31.2. The van der Waals surface area contributed by atoms with Gasteiger partial charge >= 0.3 is 19.8 Å². The van der Waals surface area contributed by atoms with Gasteiger partial charge < -0.3 is 18.9 Å². The first-order valence-electron chi connectivity index (χ1n) is 20.4. The Bertz CT molecular complexity index is 876. The summed E-state index contributed by atoms with van der Waals surface area (Å²) in [6, 6.07) is 0. The molecule has 1 unspecified atom stereocenters. The zero-order valence-corrected chi connectivity index (χ0v) is 34.0. The Morgan fingerprint density at radius 2 is 1.02 bits per heavy atom. The van der Waals surface area contributed by atoms with Crippen LogP contribution in [0, 0.1) is 0 Å². The number of likely N-dealkylation sites (N-methyl/N-ethyl adjacent to an activating group) is 1. The van der Waals surface area contributed by atoms with Crippen molar-refractivity contribution >= 4 is 19.8 Å². The summed E-state index contributed by atoms with van der Waals surface area (Å²) >= 11 is 0. The quantitative estimate of drug-likeness (QED) is 0.0221. The molecule has 50 heavy (non-hydrogen) atoms. The molecule has 0 amide bonds. The number of carbonyl (C=O) groups is 2. The summed E-state index contributed by atoms with van der Waals surface area (Å²) in [6.45, 7) is 4.40. The topological polar surface area (TPSA) is 108 Å². The monoisotopic (exact) mass is 733 g/mol. The molecular formula is C40H79NO8P+. The number of rotatable bonds is 37. The lowest BCUT2D eigenvalue weighted by atomic mass is 10.0. The number of quaternary nitrogens is 1. The van der Waals surface area contributed by atoms with Crippen LogP contribution in [0.3, 0.4) is 0 Å². The fourth-order valence-corrected chi connectivity index (χ4v) is 6.28. The normalized spacial score (nSPS) is 13.8. The van der Waals surface area contributed by atoms with Crippen LogP contribution in [0.15, 0.2) is 12.2 Å². The predicted molar refractivity (Wildman–Crippen MR) is 206 cm³/mol. The van der Waals surface area contributed by atoms with Gasteiger partial charge in [0.15, 0.2) is 6.10 Å². The van der Waals surface area contributed by atoms with Crippen molar-refractivity contribution in [2.75, 3.05) is 47.5 Å². The third-order valence-corrected chi connectivity index (χ3v) is 9.78. The number of nitrogens with zero attached hydrogens (tertiary/aromatic N) is 1. The fourth-order valence-electron chi connectivity index (χ4n) is 5.54. The number of carbonyl (C=O) groups excluding carboxylic acids is 2. The summed E-state index contributed by atoms with van der Waals surface area (Å²) in [5.74, 6) is -0.803. The maximum absolute atomic E-state index is 12.6.